The van der Waals surface area contributed by atoms with Crippen molar-refractivity contribution < 1.29 is 8.42 Å². The number of nitrogens with one attached hydrogen (secondary N) is 1. The van der Waals surface area contributed by atoms with Crippen molar-refractivity contribution in [2.24, 2.45) is 5.18 Å². The summed E-state index contributed by atoms with van der Waals surface area (Å²) in [6.45, 7) is 4.36. The predicted molar refractivity (Wildman–Crippen MR) is 93.7 cm³/mol. The van der Waals surface area contributed by atoms with Gasteiger partial charge in [-0.2, -0.15) is 0 Å². The molecule has 0 aromatic heterocycles. The van der Waals surface area contributed by atoms with Gasteiger partial charge >= 0.3 is 0 Å². The molecule has 126 valence electrons. The lowest BCUT2D eigenvalue weighted by Gasteiger charge is -2.37. The Labute approximate surface area is 142 Å². The fourth-order valence-corrected chi connectivity index (χ4v) is 4.53. The highest BCUT2D eigenvalue weighted by Crippen LogP contribution is 2.41. The van der Waals surface area contributed by atoms with Gasteiger partial charge in [0, 0.05) is 6.04 Å². The molecule has 0 heterocycles. The Morgan fingerprint density at radius 1 is 1.08 bits per heavy atom. The molecule has 0 radical (unpaired) electrons. The number of rotatable bonds is 4. The van der Waals surface area contributed by atoms with Crippen LogP contribution in [-0.2, 0) is 15.4 Å². The summed E-state index contributed by atoms with van der Waals surface area (Å²) in [6.07, 6.45) is 1.66. The van der Waals surface area contributed by atoms with E-state index in [-0.39, 0.29) is 22.0 Å². The van der Waals surface area contributed by atoms with Crippen molar-refractivity contribution in [3.8, 4) is 0 Å². The number of nitrogens with zero attached hydrogens (tertiary/aromatic N) is 1. The Morgan fingerprint density at radius 3 is 2.42 bits per heavy atom. The first kappa shape index (κ1) is 16.8. The van der Waals surface area contributed by atoms with Crippen molar-refractivity contribution >= 4 is 15.7 Å². The van der Waals surface area contributed by atoms with E-state index in [2.05, 4.69) is 29.8 Å². The average molecular weight is 344 g/mol. The van der Waals surface area contributed by atoms with Crippen LogP contribution >= 0.6 is 0 Å². The molecular weight excluding hydrogens is 324 g/mol. The number of benzene rings is 2. The van der Waals surface area contributed by atoms with Gasteiger partial charge in [0.1, 0.15) is 5.69 Å². The smallest absolute Gasteiger partial charge is 0.207 e. The maximum Gasteiger partial charge on any atom is 0.241 e. The average Bonchev–Trinajstić information content (AvgIpc) is 2.58. The third-order valence-corrected chi connectivity index (χ3v) is 6.16. The molecule has 0 saturated carbocycles. The quantitative estimate of drug-likeness (QED) is 0.846. The summed E-state index contributed by atoms with van der Waals surface area (Å²) in [6, 6.07) is 13.3. The van der Waals surface area contributed by atoms with E-state index in [0.29, 0.717) is 0 Å². The number of hydrogen-bond donors (Lipinski definition) is 1. The zero-order valence-electron chi connectivity index (χ0n) is 13.7. The van der Waals surface area contributed by atoms with Crippen molar-refractivity contribution in [2.45, 2.75) is 43.0 Å². The van der Waals surface area contributed by atoms with Crippen molar-refractivity contribution in [2.75, 3.05) is 0 Å². The molecule has 0 spiro atoms. The zero-order chi connectivity index (χ0) is 17.4. The Balaban J connectivity index is 1.91. The molecule has 1 atom stereocenters. The van der Waals surface area contributed by atoms with Crippen LogP contribution in [0.3, 0.4) is 0 Å². The van der Waals surface area contributed by atoms with E-state index in [9.17, 15) is 13.3 Å². The summed E-state index contributed by atoms with van der Waals surface area (Å²) in [5.74, 6) is 0. The van der Waals surface area contributed by atoms with Gasteiger partial charge in [-0.15, -0.1) is 4.91 Å². The molecule has 0 bridgehead atoms. The molecule has 1 aliphatic carbocycles. The van der Waals surface area contributed by atoms with Crippen LogP contribution in [0.5, 0.6) is 0 Å². The first-order chi connectivity index (χ1) is 11.3. The maximum atomic E-state index is 12.7. The van der Waals surface area contributed by atoms with Crippen LogP contribution in [0.15, 0.2) is 58.6 Å². The van der Waals surface area contributed by atoms with E-state index < -0.39 is 10.0 Å². The van der Waals surface area contributed by atoms with E-state index in [1.165, 1.54) is 29.8 Å². The van der Waals surface area contributed by atoms with E-state index in [4.69, 9.17) is 0 Å². The highest BCUT2D eigenvalue weighted by atomic mass is 32.2. The van der Waals surface area contributed by atoms with Crippen LogP contribution in [0.25, 0.3) is 0 Å². The lowest BCUT2D eigenvalue weighted by molar-refractivity contribution is 0.381. The predicted octanol–water partition coefficient (Wildman–Crippen LogP) is 4.18. The fourth-order valence-electron chi connectivity index (χ4n) is 3.28. The van der Waals surface area contributed by atoms with E-state index >= 15 is 0 Å². The lowest BCUT2D eigenvalue weighted by Crippen LogP contribution is -2.35. The minimum absolute atomic E-state index is 0.0375. The van der Waals surface area contributed by atoms with E-state index in [1.807, 2.05) is 18.2 Å². The standard InChI is InChI=1S/C18H20N2O3S/c1-18(2)12-11-17(15-5-3-4-6-16(15)18)20-24(22,23)14-9-7-13(19-21)8-10-14/h3-10,17,20H,11-12H2,1-2H3. The van der Waals surface area contributed by atoms with Crippen LogP contribution in [0, 0.1) is 4.91 Å². The van der Waals surface area contributed by atoms with Crippen LogP contribution < -0.4 is 4.72 Å². The minimum atomic E-state index is -3.66. The SMILES string of the molecule is CC1(C)CCC(NS(=O)(=O)c2ccc(N=O)cc2)c2ccccc21. The highest BCUT2D eigenvalue weighted by molar-refractivity contribution is 7.89. The first-order valence-electron chi connectivity index (χ1n) is 7.89. The van der Waals surface area contributed by atoms with E-state index in [1.54, 1.807) is 0 Å². The van der Waals surface area contributed by atoms with Gasteiger partial charge < -0.3 is 0 Å². The Bertz CT molecular complexity index is 858. The van der Waals surface area contributed by atoms with Gasteiger partial charge in [-0.1, -0.05) is 38.1 Å². The third kappa shape index (κ3) is 3.12. The normalized spacial score (nSPS) is 19.5. The molecule has 6 heteroatoms. The summed E-state index contributed by atoms with van der Waals surface area (Å²) in [4.78, 5) is 10.6. The molecule has 3 rings (SSSR count). The zero-order valence-corrected chi connectivity index (χ0v) is 14.5. The van der Waals surface area contributed by atoms with Gasteiger partial charge in [0.25, 0.3) is 0 Å². The molecule has 2 aromatic rings. The van der Waals surface area contributed by atoms with Crippen LogP contribution in [0.1, 0.15) is 43.9 Å². The van der Waals surface area contributed by atoms with Gasteiger partial charge in [0.15, 0.2) is 0 Å². The molecule has 24 heavy (non-hydrogen) atoms. The molecule has 1 unspecified atom stereocenters. The van der Waals surface area contributed by atoms with Crippen molar-refractivity contribution in [1.29, 1.82) is 0 Å². The second-order valence-electron chi connectivity index (χ2n) is 6.77. The Kier molecular flexibility index (Phi) is 4.27. The summed E-state index contributed by atoms with van der Waals surface area (Å²) in [7, 11) is -3.66. The Hall–Kier alpha value is -2.05. The van der Waals surface area contributed by atoms with Crippen molar-refractivity contribution in [3.63, 3.8) is 0 Å². The molecular formula is C18H20N2O3S. The van der Waals surface area contributed by atoms with Crippen LogP contribution in [0.2, 0.25) is 0 Å². The number of hydrogen-bond acceptors (Lipinski definition) is 4. The highest BCUT2D eigenvalue weighted by Gasteiger charge is 2.34. The number of nitroso groups, excluding NO2 is 1. The molecule has 0 saturated heterocycles. The van der Waals surface area contributed by atoms with Crippen molar-refractivity contribution in [1.82, 2.24) is 4.72 Å². The molecule has 0 amide bonds. The van der Waals surface area contributed by atoms with Gasteiger partial charge in [0.05, 0.1) is 4.90 Å². The molecule has 2 aromatic carbocycles. The Morgan fingerprint density at radius 2 is 1.75 bits per heavy atom. The van der Waals surface area contributed by atoms with Crippen LogP contribution in [0.4, 0.5) is 5.69 Å². The molecule has 1 aliphatic rings. The summed E-state index contributed by atoms with van der Waals surface area (Å²) >= 11 is 0. The largest absolute Gasteiger partial charge is 0.241 e. The topological polar surface area (TPSA) is 75.6 Å². The number of sulfonamides is 1. The summed E-state index contributed by atoms with van der Waals surface area (Å²) in [5, 5.41) is 2.79. The third-order valence-electron chi connectivity index (χ3n) is 4.67. The summed E-state index contributed by atoms with van der Waals surface area (Å²) < 4.78 is 28.1. The molecule has 1 N–H and O–H groups in total. The molecule has 5 nitrogen and oxygen atoms in total. The fraction of sp³-hybridized carbons (Fsp3) is 0.333. The molecule has 0 aliphatic heterocycles. The minimum Gasteiger partial charge on any atom is -0.207 e. The van der Waals surface area contributed by atoms with E-state index in [0.717, 1.165) is 18.4 Å². The summed E-state index contributed by atoms with van der Waals surface area (Å²) in [5.41, 5.74) is 2.46. The second-order valence-corrected chi connectivity index (χ2v) is 8.48. The van der Waals surface area contributed by atoms with Gasteiger partial charge in [0.2, 0.25) is 10.0 Å². The van der Waals surface area contributed by atoms with Gasteiger partial charge in [-0.3, -0.25) is 0 Å². The van der Waals surface area contributed by atoms with Crippen molar-refractivity contribution in [3.05, 3.63) is 64.6 Å². The molecule has 0 fully saturated rings. The monoisotopic (exact) mass is 344 g/mol. The van der Waals surface area contributed by atoms with Gasteiger partial charge in [-0.05, 0) is 58.8 Å². The maximum absolute atomic E-state index is 12.7. The second kappa shape index (κ2) is 6.11. The number of fused-ring (bicyclic) bond motifs is 1. The lowest BCUT2D eigenvalue weighted by atomic mass is 9.71. The first-order valence-corrected chi connectivity index (χ1v) is 9.37. The van der Waals surface area contributed by atoms with Crippen LogP contribution in [-0.4, -0.2) is 8.42 Å². The van der Waals surface area contributed by atoms with Gasteiger partial charge in [-0.25, -0.2) is 13.1 Å².